The summed E-state index contributed by atoms with van der Waals surface area (Å²) in [5.41, 5.74) is 2.77. The topological polar surface area (TPSA) is 61.9 Å². The third kappa shape index (κ3) is 3.56. The Hall–Kier alpha value is -2.28. The number of rotatable bonds is 4. The molecule has 1 aliphatic rings. The van der Waals surface area contributed by atoms with E-state index in [0.29, 0.717) is 18.4 Å². The van der Waals surface area contributed by atoms with Gasteiger partial charge in [0.05, 0.1) is 12.8 Å². The Kier molecular flexibility index (Phi) is 4.38. The lowest BCUT2D eigenvalue weighted by Crippen LogP contribution is -2.10. The number of nitrogens with zero attached hydrogens (tertiary/aromatic N) is 4. The lowest BCUT2D eigenvalue weighted by atomic mass is 10.1. The number of fused-ring (bicyclic) bond motifs is 1. The average molecular weight is 330 g/mol. The molecule has 0 bridgehead atoms. The number of methoxy groups -OCH3 is 1. The molecular formula is C16H20N5OS+. The minimum absolute atomic E-state index is 0.342. The number of benzene rings is 1. The molecule has 3 rings (SSSR count). The van der Waals surface area contributed by atoms with Crippen LogP contribution in [0.25, 0.3) is 0 Å². The highest BCUT2D eigenvalue weighted by molar-refractivity contribution is 7.13. The van der Waals surface area contributed by atoms with Crippen LogP contribution in [0.1, 0.15) is 25.1 Å². The zero-order valence-corrected chi connectivity index (χ0v) is 14.5. The monoisotopic (exact) mass is 330 g/mol. The maximum atomic E-state index is 5.30. The fourth-order valence-corrected chi connectivity index (χ4v) is 3.12. The maximum Gasteiger partial charge on any atom is 0.246 e. The molecule has 7 heteroatoms. The van der Waals surface area contributed by atoms with Crippen LogP contribution in [0, 0.1) is 0 Å². The minimum Gasteiger partial charge on any atom is -0.497 e. The van der Waals surface area contributed by atoms with Crippen LogP contribution in [0.3, 0.4) is 0 Å². The van der Waals surface area contributed by atoms with Crippen molar-refractivity contribution in [1.29, 1.82) is 0 Å². The van der Waals surface area contributed by atoms with Crippen LogP contribution in [-0.2, 0) is 6.54 Å². The van der Waals surface area contributed by atoms with Gasteiger partial charge in [-0.25, -0.2) is 9.98 Å². The molecule has 0 saturated heterocycles. The number of hydrogen-bond acceptors (Lipinski definition) is 6. The van der Waals surface area contributed by atoms with Gasteiger partial charge in [0, 0.05) is 28.2 Å². The zero-order chi connectivity index (χ0) is 16.4. The molecule has 6 nitrogen and oxygen atoms in total. The molecule has 2 aromatic rings. The normalized spacial score (nSPS) is 14.0. The van der Waals surface area contributed by atoms with Crippen LogP contribution in [0.5, 0.6) is 5.75 Å². The third-order valence-corrected chi connectivity index (χ3v) is 4.10. The summed E-state index contributed by atoms with van der Waals surface area (Å²) in [4.78, 5) is 9.30. The quantitative estimate of drug-likeness (QED) is 0.870. The van der Waals surface area contributed by atoms with E-state index in [1.165, 1.54) is 0 Å². The van der Waals surface area contributed by atoms with Crippen molar-refractivity contribution in [2.24, 2.45) is 10.1 Å². The predicted molar refractivity (Wildman–Crippen MR) is 92.4 cm³/mol. The molecule has 0 fully saturated rings. The highest BCUT2D eigenvalue weighted by Crippen LogP contribution is 2.29. The average Bonchev–Trinajstić information content (AvgIpc) is 2.88. The van der Waals surface area contributed by atoms with Crippen molar-refractivity contribution in [3.63, 3.8) is 0 Å². The van der Waals surface area contributed by atoms with Gasteiger partial charge in [0.1, 0.15) is 11.4 Å². The first-order chi connectivity index (χ1) is 11.0. The SMILES string of the molecule is COc1ccc2c(c1)N=C(c1csc(NC(C)C)n1)N=[N+](C)C2. The van der Waals surface area contributed by atoms with Crippen LogP contribution in [0.4, 0.5) is 10.8 Å². The van der Waals surface area contributed by atoms with Gasteiger partial charge in [-0.15, -0.1) is 16.0 Å². The van der Waals surface area contributed by atoms with Gasteiger partial charge in [-0.3, -0.25) is 0 Å². The predicted octanol–water partition coefficient (Wildman–Crippen LogP) is 3.66. The highest BCUT2D eigenvalue weighted by Gasteiger charge is 2.19. The fourth-order valence-electron chi connectivity index (χ4n) is 2.29. The number of thiazole rings is 1. The maximum absolute atomic E-state index is 5.30. The van der Waals surface area contributed by atoms with Crippen LogP contribution >= 0.6 is 11.3 Å². The summed E-state index contributed by atoms with van der Waals surface area (Å²) < 4.78 is 7.18. The number of ether oxygens (including phenoxy) is 1. The van der Waals surface area contributed by atoms with Crippen molar-refractivity contribution in [2.75, 3.05) is 19.5 Å². The van der Waals surface area contributed by atoms with Crippen LogP contribution in [-0.4, -0.2) is 35.7 Å². The van der Waals surface area contributed by atoms with E-state index in [4.69, 9.17) is 9.73 Å². The molecule has 23 heavy (non-hydrogen) atoms. The Morgan fingerprint density at radius 1 is 1.35 bits per heavy atom. The van der Waals surface area contributed by atoms with Gasteiger partial charge in [-0.2, -0.15) is 0 Å². The number of nitrogens with one attached hydrogen (secondary N) is 1. The van der Waals surface area contributed by atoms with Crippen LogP contribution in [0.2, 0.25) is 0 Å². The molecule has 0 aliphatic carbocycles. The van der Waals surface area contributed by atoms with E-state index in [1.807, 2.05) is 35.3 Å². The number of amidine groups is 1. The Bertz CT molecular complexity index is 779. The summed E-state index contributed by atoms with van der Waals surface area (Å²) in [6.07, 6.45) is 0. The first kappa shape index (κ1) is 15.6. The number of azo groups is 2. The Morgan fingerprint density at radius 2 is 2.17 bits per heavy atom. The fraction of sp³-hybridized carbons (Fsp3) is 0.375. The summed E-state index contributed by atoms with van der Waals surface area (Å²) in [7, 11) is 3.60. The molecule has 0 spiro atoms. The molecule has 120 valence electrons. The van der Waals surface area contributed by atoms with Crippen LogP contribution in [0.15, 0.2) is 33.7 Å². The molecule has 1 aliphatic heterocycles. The number of anilines is 1. The lowest BCUT2D eigenvalue weighted by Gasteiger charge is -2.04. The highest BCUT2D eigenvalue weighted by atomic mass is 32.1. The summed E-state index contributed by atoms with van der Waals surface area (Å²) in [5.74, 6) is 1.41. The molecule has 0 saturated carbocycles. The molecular weight excluding hydrogens is 310 g/mol. The van der Waals surface area contributed by atoms with Gasteiger partial charge in [-0.1, -0.05) is 0 Å². The molecule has 2 heterocycles. The van der Waals surface area contributed by atoms with Gasteiger partial charge in [-0.05, 0) is 26.0 Å². The number of hydrogen-bond donors (Lipinski definition) is 1. The van der Waals surface area contributed by atoms with E-state index < -0.39 is 0 Å². The van der Waals surface area contributed by atoms with E-state index in [2.05, 4.69) is 29.3 Å². The molecule has 0 amide bonds. The number of aromatic nitrogens is 1. The lowest BCUT2D eigenvalue weighted by molar-refractivity contribution is -0.575. The standard InChI is InChI=1S/C16H20N5OS/c1-10(2)17-16-19-14(9-23-16)15-18-13-7-12(22-4)6-5-11(13)8-21(3)20-15/h5-7,9-10H,8H2,1-4H3,(H,17,19)/q+1. The van der Waals surface area contributed by atoms with Crippen molar-refractivity contribution in [1.82, 2.24) is 4.98 Å². The van der Waals surface area contributed by atoms with Crippen molar-refractivity contribution < 1.29 is 9.43 Å². The summed E-state index contributed by atoms with van der Waals surface area (Å²) in [6.45, 7) is 4.88. The van der Waals surface area contributed by atoms with Crippen molar-refractivity contribution in [3.05, 3.63) is 34.8 Å². The van der Waals surface area contributed by atoms with E-state index in [1.54, 1.807) is 18.4 Å². The Morgan fingerprint density at radius 3 is 2.91 bits per heavy atom. The summed E-state index contributed by atoms with van der Waals surface area (Å²) >= 11 is 1.56. The van der Waals surface area contributed by atoms with Gasteiger partial charge in [0.25, 0.3) is 0 Å². The van der Waals surface area contributed by atoms with E-state index >= 15 is 0 Å². The van der Waals surface area contributed by atoms with Crippen LogP contribution < -0.4 is 10.1 Å². The van der Waals surface area contributed by atoms with Crippen molar-refractivity contribution in [3.8, 4) is 5.75 Å². The molecule has 1 N–H and O–H groups in total. The minimum atomic E-state index is 0.342. The van der Waals surface area contributed by atoms with E-state index in [-0.39, 0.29) is 0 Å². The van der Waals surface area contributed by atoms with E-state index in [9.17, 15) is 0 Å². The second-order valence-corrected chi connectivity index (χ2v) is 6.54. The van der Waals surface area contributed by atoms with Gasteiger partial charge >= 0.3 is 0 Å². The Balaban J connectivity index is 2.00. The summed E-state index contributed by atoms with van der Waals surface area (Å²) in [6, 6.07) is 6.25. The molecule has 1 aromatic carbocycles. The zero-order valence-electron chi connectivity index (χ0n) is 13.7. The third-order valence-electron chi connectivity index (χ3n) is 3.33. The molecule has 0 unspecified atom stereocenters. The molecule has 1 aromatic heterocycles. The molecule has 0 radical (unpaired) electrons. The van der Waals surface area contributed by atoms with Gasteiger partial charge in [0.2, 0.25) is 5.84 Å². The second-order valence-electron chi connectivity index (χ2n) is 5.68. The Labute approximate surface area is 139 Å². The number of aliphatic imine (C=N–C) groups is 1. The van der Waals surface area contributed by atoms with Gasteiger partial charge < -0.3 is 10.1 Å². The van der Waals surface area contributed by atoms with Crippen molar-refractivity contribution >= 4 is 28.0 Å². The summed E-state index contributed by atoms with van der Waals surface area (Å²) in [5, 5.41) is 10.7. The smallest absolute Gasteiger partial charge is 0.246 e. The second kappa shape index (κ2) is 6.45. The van der Waals surface area contributed by atoms with E-state index in [0.717, 1.165) is 27.8 Å². The largest absolute Gasteiger partial charge is 0.497 e. The first-order valence-electron chi connectivity index (χ1n) is 7.46. The first-order valence-corrected chi connectivity index (χ1v) is 8.34. The van der Waals surface area contributed by atoms with Crippen molar-refractivity contribution in [2.45, 2.75) is 26.4 Å². The molecule has 0 atom stereocenters. The van der Waals surface area contributed by atoms with Gasteiger partial charge in [0.15, 0.2) is 18.7 Å².